The van der Waals surface area contributed by atoms with Crippen LogP contribution in [0.1, 0.15) is 18.5 Å². The highest BCUT2D eigenvalue weighted by Crippen LogP contribution is 2.38. The molecule has 9 heteroatoms. The van der Waals surface area contributed by atoms with Gasteiger partial charge in [-0.25, -0.2) is 19.9 Å². The van der Waals surface area contributed by atoms with E-state index in [1.807, 2.05) is 30.5 Å². The first-order valence-electron chi connectivity index (χ1n) is 8.53. The molecule has 4 aromatic heterocycles. The zero-order chi connectivity index (χ0) is 19.1. The van der Waals surface area contributed by atoms with E-state index < -0.39 is 0 Å². The monoisotopic (exact) mass is 406 g/mol. The maximum atomic E-state index is 6.37. The number of thiazole rings is 1. The molecular formula is C19H13ClN7S-. The molecule has 1 aromatic carbocycles. The molecule has 0 aliphatic carbocycles. The molecule has 0 fully saturated rings. The van der Waals surface area contributed by atoms with Gasteiger partial charge in [-0.3, -0.25) is 0 Å². The molecule has 1 unspecified atom stereocenters. The molecule has 0 spiro atoms. The lowest BCUT2D eigenvalue weighted by molar-refractivity contribution is 0.920. The highest BCUT2D eigenvalue weighted by atomic mass is 35.5. The van der Waals surface area contributed by atoms with Crippen molar-refractivity contribution in [2.24, 2.45) is 0 Å². The molecule has 0 aliphatic heterocycles. The molecule has 0 aliphatic rings. The number of nitrogens with one attached hydrogen (secondary N) is 1. The van der Waals surface area contributed by atoms with E-state index >= 15 is 0 Å². The van der Waals surface area contributed by atoms with Crippen LogP contribution in [0.5, 0.6) is 0 Å². The molecule has 5 rings (SSSR count). The minimum atomic E-state index is -0.214. The van der Waals surface area contributed by atoms with E-state index in [4.69, 9.17) is 21.9 Å². The Labute approximate surface area is 168 Å². The number of fused-ring (bicyclic) bond motifs is 2. The van der Waals surface area contributed by atoms with Crippen LogP contribution in [0.3, 0.4) is 0 Å². The lowest BCUT2D eigenvalue weighted by Crippen LogP contribution is -2.00. The maximum absolute atomic E-state index is 6.37. The largest absolute Gasteiger partial charge is 0.456 e. The Kier molecular flexibility index (Phi) is 4.14. The number of pyridine rings is 1. The van der Waals surface area contributed by atoms with Gasteiger partial charge in [0.25, 0.3) is 0 Å². The molecule has 7 nitrogen and oxygen atoms in total. The van der Waals surface area contributed by atoms with E-state index in [2.05, 4.69) is 31.0 Å². The number of benzene rings is 1. The van der Waals surface area contributed by atoms with Crippen molar-refractivity contribution in [2.75, 3.05) is 0 Å². The van der Waals surface area contributed by atoms with Crippen LogP contribution in [0, 0.1) is 0 Å². The van der Waals surface area contributed by atoms with Crippen LogP contribution in [0.25, 0.3) is 38.8 Å². The number of hydrogen-bond acceptors (Lipinski definition) is 6. The fraction of sp³-hybridized carbons (Fsp3) is 0.105. The summed E-state index contributed by atoms with van der Waals surface area (Å²) in [5, 5.41) is 8.35. The minimum Gasteiger partial charge on any atom is -0.456 e. The zero-order valence-corrected chi connectivity index (χ0v) is 16.2. The third kappa shape index (κ3) is 2.87. The van der Waals surface area contributed by atoms with Crippen LogP contribution < -0.4 is 0 Å². The summed E-state index contributed by atoms with van der Waals surface area (Å²) in [6, 6.07) is 7.61. The normalized spacial score (nSPS) is 12.5. The van der Waals surface area contributed by atoms with Crippen molar-refractivity contribution < 1.29 is 0 Å². The number of aromatic nitrogens is 6. The average molecular weight is 407 g/mol. The minimum absolute atomic E-state index is 0.214. The van der Waals surface area contributed by atoms with Gasteiger partial charge in [0.15, 0.2) is 5.65 Å². The van der Waals surface area contributed by atoms with E-state index in [1.54, 1.807) is 11.8 Å². The van der Waals surface area contributed by atoms with Gasteiger partial charge in [0.2, 0.25) is 0 Å². The van der Waals surface area contributed by atoms with Gasteiger partial charge in [-0.1, -0.05) is 30.7 Å². The third-order valence-corrected chi connectivity index (χ3v) is 5.36. The van der Waals surface area contributed by atoms with Gasteiger partial charge in [-0.15, -0.1) is 11.3 Å². The van der Waals surface area contributed by atoms with Crippen molar-refractivity contribution in [3.8, 4) is 11.4 Å². The number of nitrogens with zero attached hydrogens (tertiary/aromatic N) is 6. The second-order valence-electron chi connectivity index (χ2n) is 6.21. The molecule has 0 radical (unpaired) electrons. The predicted molar refractivity (Wildman–Crippen MR) is 111 cm³/mol. The highest BCUT2D eigenvalue weighted by Gasteiger charge is 2.16. The number of halogens is 1. The van der Waals surface area contributed by atoms with Crippen LogP contribution in [-0.4, -0.2) is 29.9 Å². The number of para-hydroxylation sites is 1. The van der Waals surface area contributed by atoms with E-state index in [0.29, 0.717) is 22.0 Å². The van der Waals surface area contributed by atoms with Crippen molar-refractivity contribution in [3.63, 3.8) is 0 Å². The Morgan fingerprint density at radius 2 is 2.11 bits per heavy atom. The molecule has 28 heavy (non-hydrogen) atoms. The summed E-state index contributed by atoms with van der Waals surface area (Å²) >= 11 is 7.90. The standard InChI is InChI=1S/C19H13ClN7S/c1-10(26-19-17-18(22-7-21-17)23-8-24-19)12-5-11-3-2-4-13(20)15(11)27-16(12)14-6-28-9-25-14/h2-10H,1H3,(H-,21,22,23,24,26)/q-1. The van der Waals surface area contributed by atoms with Crippen molar-refractivity contribution in [1.82, 2.24) is 29.9 Å². The Morgan fingerprint density at radius 3 is 2.96 bits per heavy atom. The summed E-state index contributed by atoms with van der Waals surface area (Å²) in [6.07, 6.45) is 3.05. The highest BCUT2D eigenvalue weighted by molar-refractivity contribution is 7.07. The fourth-order valence-electron chi connectivity index (χ4n) is 3.13. The van der Waals surface area contributed by atoms with Gasteiger partial charge >= 0.3 is 0 Å². The molecule has 0 saturated heterocycles. The van der Waals surface area contributed by atoms with Gasteiger partial charge in [0.05, 0.1) is 39.3 Å². The Balaban J connectivity index is 1.64. The number of aromatic amines is 1. The number of rotatable bonds is 4. The van der Waals surface area contributed by atoms with Crippen LogP contribution in [-0.2, 0) is 0 Å². The first-order valence-corrected chi connectivity index (χ1v) is 9.85. The van der Waals surface area contributed by atoms with Crippen molar-refractivity contribution in [3.05, 3.63) is 63.7 Å². The van der Waals surface area contributed by atoms with Gasteiger partial charge < -0.3 is 15.3 Å². The molecule has 1 N–H and O–H groups in total. The van der Waals surface area contributed by atoms with Crippen LogP contribution >= 0.6 is 22.9 Å². The van der Waals surface area contributed by atoms with Crippen molar-refractivity contribution in [2.45, 2.75) is 13.0 Å². The van der Waals surface area contributed by atoms with E-state index in [0.717, 1.165) is 27.9 Å². The third-order valence-electron chi connectivity index (χ3n) is 4.47. The molecule has 4 heterocycles. The second kappa shape index (κ2) is 6.81. The van der Waals surface area contributed by atoms with Gasteiger partial charge in [0.1, 0.15) is 0 Å². The quantitative estimate of drug-likeness (QED) is 0.428. The summed E-state index contributed by atoms with van der Waals surface area (Å²) in [4.78, 5) is 24.9. The average Bonchev–Trinajstić information content (AvgIpc) is 3.40. The van der Waals surface area contributed by atoms with Gasteiger partial charge in [0, 0.05) is 17.1 Å². The Hall–Kier alpha value is -3.10. The van der Waals surface area contributed by atoms with E-state index in [-0.39, 0.29) is 6.04 Å². The van der Waals surface area contributed by atoms with Crippen LogP contribution in [0.15, 0.2) is 47.8 Å². The topological polar surface area (TPSA) is 94.3 Å². The van der Waals surface area contributed by atoms with Crippen molar-refractivity contribution >= 4 is 50.8 Å². The number of H-pyrrole nitrogens is 1. The van der Waals surface area contributed by atoms with Crippen molar-refractivity contribution in [1.29, 1.82) is 0 Å². The molecule has 138 valence electrons. The summed E-state index contributed by atoms with van der Waals surface area (Å²) in [5.41, 5.74) is 6.36. The molecule has 0 amide bonds. The molecule has 0 bridgehead atoms. The smallest absolute Gasteiger partial charge is 0.176 e. The van der Waals surface area contributed by atoms with Gasteiger partial charge in [-0.2, -0.15) is 0 Å². The predicted octanol–water partition coefficient (Wildman–Crippen LogP) is 5.44. The summed E-state index contributed by atoms with van der Waals surface area (Å²) in [7, 11) is 0. The molecule has 0 saturated carbocycles. The Bertz CT molecular complexity index is 1280. The first kappa shape index (κ1) is 17.0. The summed E-state index contributed by atoms with van der Waals surface area (Å²) in [6.45, 7) is 2.01. The maximum Gasteiger partial charge on any atom is 0.176 e. The fourth-order valence-corrected chi connectivity index (χ4v) is 3.90. The zero-order valence-electron chi connectivity index (χ0n) is 14.7. The molecule has 5 aromatic rings. The number of hydrogen-bond donors (Lipinski definition) is 1. The van der Waals surface area contributed by atoms with Crippen LogP contribution in [0.2, 0.25) is 5.02 Å². The van der Waals surface area contributed by atoms with E-state index in [1.165, 1.54) is 17.7 Å². The molecular weight excluding hydrogens is 394 g/mol. The molecule has 1 atom stereocenters. The van der Waals surface area contributed by atoms with Gasteiger partial charge in [-0.05, 0) is 29.6 Å². The lowest BCUT2D eigenvalue weighted by Gasteiger charge is -2.24. The SMILES string of the molecule is CC([N-]c1ncnc2nc[nH]c12)c1cc2cccc(Cl)c2nc1-c1cscn1. The van der Waals surface area contributed by atoms with E-state index in [9.17, 15) is 0 Å². The first-order chi connectivity index (χ1) is 13.7. The lowest BCUT2D eigenvalue weighted by atomic mass is 10.0. The second-order valence-corrected chi connectivity index (χ2v) is 7.34. The Morgan fingerprint density at radius 1 is 1.18 bits per heavy atom. The van der Waals surface area contributed by atoms with Crippen LogP contribution in [0.4, 0.5) is 5.82 Å². The summed E-state index contributed by atoms with van der Waals surface area (Å²) in [5.74, 6) is 0.561. The number of imidazole rings is 1. The summed E-state index contributed by atoms with van der Waals surface area (Å²) < 4.78 is 0.